The van der Waals surface area contributed by atoms with Gasteiger partial charge in [0.1, 0.15) is 5.75 Å². The average Bonchev–Trinajstić information content (AvgIpc) is 3.20. The number of nitrogens with one attached hydrogen (secondary N) is 2. The van der Waals surface area contributed by atoms with Crippen molar-refractivity contribution in [2.45, 2.75) is 6.42 Å². The fourth-order valence-corrected chi connectivity index (χ4v) is 3.84. The van der Waals surface area contributed by atoms with E-state index in [2.05, 4.69) is 19.9 Å². The molecule has 1 saturated heterocycles. The number of aromatic nitrogens is 3. The SMILES string of the molecule is O=c1[nH]c2ccccc2nc1-c1cc2cc(OCCCN3CCOCC3)ccc2[nH]1. The quantitative estimate of drug-likeness (QED) is 0.482. The van der Waals surface area contributed by atoms with Crippen LogP contribution in [0, 0.1) is 0 Å². The molecule has 2 aromatic heterocycles. The molecule has 4 aromatic rings. The number of rotatable bonds is 6. The number of morpholine rings is 1. The molecule has 1 aliphatic heterocycles. The number of H-pyrrole nitrogens is 2. The van der Waals surface area contributed by atoms with Gasteiger partial charge in [-0.05, 0) is 42.8 Å². The number of ether oxygens (including phenoxy) is 2. The molecule has 2 aromatic carbocycles. The standard InChI is InChI=1S/C23H24N4O3/c28-23-22(25-19-4-1-2-5-20(19)26-23)21-15-16-14-17(6-7-18(16)24-21)30-11-3-8-27-9-12-29-13-10-27/h1-2,4-7,14-15,24H,3,8-13H2,(H,26,28). The molecule has 30 heavy (non-hydrogen) atoms. The third-order valence-electron chi connectivity index (χ3n) is 5.44. The van der Waals surface area contributed by atoms with Gasteiger partial charge in [-0.3, -0.25) is 9.69 Å². The minimum atomic E-state index is -0.208. The monoisotopic (exact) mass is 404 g/mol. The Morgan fingerprint density at radius 3 is 2.80 bits per heavy atom. The van der Waals surface area contributed by atoms with Gasteiger partial charge in [-0.1, -0.05) is 12.1 Å². The maximum absolute atomic E-state index is 12.5. The lowest BCUT2D eigenvalue weighted by Crippen LogP contribution is -2.37. The van der Waals surface area contributed by atoms with Crippen LogP contribution in [0.4, 0.5) is 0 Å². The topological polar surface area (TPSA) is 83.2 Å². The fraction of sp³-hybridized carbons (Fsp3) is 0.304. The summed E-state index contributed by atoms with van der Waals surface area (Å²) in [7, 11) is 0. The molecule has 1 aliphatic rings. The van der Waals surface area contributed by atoms with Crippen molar-refractivity contribution in [3.63, 3.8) is 0 Å². The summed E-state index contributed by atoms with van der Waals surface area (Å²) < 4.78 is 11.3. The van der Waals surface area contributed by atoms with Gasteiger partial charge in [0.05, 0.1) is 36.5 Å². The van der Waals surface area contributed by atoms with Gasteiger partial charge >= 0.3 is 0 Å². The van der Waals surface area contributed by atoms with Crippen LogP contribution in [0.25, 0.3) is 33.3 Å². The van der Waals surface area contributed by atoms with Crippen LogP contribution in [0.1, 0.15) is 6.42 Å². The smallest absolute Gasteiger partial charge is 0.276 e. The lowest BCUT2D eigenvalue weighted by molar-refractivity contribution is 0.0358. The highest BCUT2D eigenvalue weighted by Gasteiger charge is 2.12. The summed E-state index contributed by atoms with van der Waals surface area (Å²) in [4.78, 5) is 25.7. The summed E-state index contributed by atoms with van der Waals surface area (Å²) in [5.74, 6) is 0.829. The van der Waals surface area contributed by atoms with Crippen LogP contribution >= 0.6 is 0 Å². The summed E-state index contributed by atoms with van der Waals surface area (Å²) >= 11 is 0. The Kier molecular flexibility index (Phi) is 5.21. The van der Waals surface area contributed by atoms with Gasteiger partial charge < -0.3 is 19.4 Å². The van der Waals surface area contributed by atoms with E-state index in [1.807, 2.05) is 48.5 Å². The Labute approximate surface area is 173 Å². The van der Waals surface area contributed by atoms with E-state index < -0.39 is 0 Å². The fourth-order valence-electron chi connectivity index (χ4n) is 3.84. The van der Waals surface area contributed by atoms with Gasteiger partial charge in [0.2, 0.25) is 0 Å². The molecule has 0 radical (unpaired) electrons. The highest BCUT2D eigenvalue weighted by Crippen LogP contribution is 2.25. The third kappa shape index (κ3) is 3.94. The number of hydrogen-bond acceptors (Lipinski definition) is 5. The van der Waals surface area contributed by atoms with E-state index in [0.717, 1.165) is 67.0 Å². The summed E-state index contributed by atoms with van der Waals surface area (Å²) in [6.45, 7) is 5.34. The lowest BCUT2D eigenvalue weighted by Gasteiger charge is -2.26. The van der Waals surface area contributed by atoms with E-state index in [1.165, 1.54) is 0 Å². The Balaban J connectivity index is 1.30. The Hall–Kier alpha value is -3.16. The predicted octanol–water partition coefficient (Wildman–Crippen LogP) is 3.17. The molecule has 0 spiro atoms. The Morgan fingerprint density at radius 2 is 1.90 bits per heavy atom. The summed E-state index contributed by atoms with van der Waals surface area (Å²) in [5.41, 5.74) is 3.31. The van der Waals surface area contributed by atoms with E-state index >= 15 is 0 Å². The van der Waals surface area contributed by atoms with E-state index in [-0.39, 0.29) is 5.56 Å². The molecule has 1 fully saturated rings. The first kappa shape index (κ1) is 18.8. The number of nitrogens with zero attached hydrogens (tertiary/aromatic N) is 2. The number of aromatic amines is 2. The van der Waals surface area contributed by atoms with Crippen molar-refractivity contribution in [3.05, 3.63) is 58.9 Å². The van der Waals surface area contributed by atoms with Crippen LogP contribution < -0.4 is 10.3 Å². The Bertz CT molecular complexity index is 1220. The first-order chi connectivity index (χ1) is 14.8. The van der Waals surface area contributed by atoms with Gasteiger partial charge in [-0.2, -0.15) is 0 Å². The number of benzene rings is 2. The van der Waals surface area contributed by atoms with Crippen molar-refractivity contribution >= 4 is 21.9 Å². The van der Waals surface area contributed by atoms with E-state index in [1.54, 1.807) is 0 Å². The van der Waals surface area contributed by atoms with Crippen molar-refractivity contribution < 1.29 is 9.47 Å². The van der Waals surface area contributed by atoms with Crippen molar-refractivity contribution in [2.24, 2.45) is 0 Å². The van der Waals surface area contributed by atoms with Crippen LogP contribution in [-0.2, 0) is 4.74 Å². The molecular formula is C23H24N4O3. The molecule has 5 rings (SSSR count). The van der Waals surface area contributed by atoms with Crippen molar-refractivity contribution in [3.8, 4) is 17.1 Å². The molecule has 0 amide bonds. The first-order valence-corrected chi connectivity index (χ1v) is 10.3. The third-order valence-corrected chi connectivity index (χ3v) is 5.44. The highest BCUT2D eigenvalue weighted by atomic mass is 16.5. The van der Waals surface area contributed by atoms with Gasteiger partial charge in [-0.15, -0.1) is 0 Å². The van der Waals surface area contributed by atoms with E-state index in [4.69, 9.17) is 9.47 Å². The molecule has 154 valence electrons. The maximum atomic E-state index is 12.5. The summed E-state index contributed by atoms with van der Waals surface area (Å²) in [6, 6.07) is 15.4. The molecule has 0 atom stereocenters. The average molecular weight is 404 g/mol. The van der Waals surface area contributed by atoms with Gasteiger partial charge in [0.25, 0.3) is 5.56 Å². The van der Waals surface area contributed by atoms with Crippen LogP contribution in [0.2, 0.25) is 0 Å². The van der Waals surface area contributed by atoms with Crippen molar-refractivity contribution in [2.75, 3.05) is 39.5 Å². The zero-order valence-electron chi connectivity index (χ0n) is 16.7. The first-order valence-electron chi connectivity index (χ1n) is 10.3. The molecule has 3 heterocycles. The van der Waals surface area contributed by atoms with Gasteiger partial charge in [0.15, 0.2) is 5.69 Å². The van der Waals surface area contributed by atoms with E-state index in [9.17, 15) is 4.79 Å². The molecule has 0 aliphatic carbocycles. The zero-order chi connectivity index (χ0) is 20.3. The maximum Gasteiger partial charge on any atom is 0.276 e. The van der Waals surface area contributed by atoms with Crippen LogP contribution in [0.3, 0.4) is 0 Å². The van der Waals surface area contributed by atoms with Gasteiger partial charge in [-0.25, -0.2) is 4.98 Å². The number of para-hydroxylation sites is 2. The highest BCUT2D eigenvalue weighted by molar-refractivity contribution is 5.87. The molecule has 7 heteroatoms. The largest absolute Gasteiger partial charge is 0.494 e. The summed E-state index contributed by atoms with van der Waals surface area (Å²) in [6.07, 6.45) is 0.979. The number of hydrogen-bond donors (Lipinski definition) is 2. The molecule has 7 nitrogen and oxygen atoms in total. The van der Waals surface area contributed by atoms with Crippen LogP contribution in [0.15, 0.2) is 53.3 Å². The zero-order valence-corrected chi connectivity index (χ0v) is 16.7. The normalized spacial score (nSPS) is 15.1. The molecule has 0 unspecified atom stereocenters. The van der Waals surface area contributed by atoms with Crippen LogP contribution in [0.5, 0.6) is 5.75 Å². The second-order valence-electron chi connectivity index (χ2n) is 7.52. The minimum Gasteiger partial charge on any atom is -0.494 e. The molecular weight excluding hydrogens is 380 g/mol. The van der Waals surface area contributed by atoms with E-state index in [0.29, 0.717) is 18.0 Å². The Morgan fingerprint density at radius 1 is 1.03 bits per heavy atom. The molecule has 2 N–H and O–H groups in total. The van der Waals surface area contributed by atoms with Gasteiger partial charge in [0, 0.05) is 30.5 Å². The molecule has 0 bridgehead atoms. The molecule has 0 saturated carbocycles. The second-order valence-corrected chi connectivity index (χ2v) is 7.52. The van der Waals surface area contributed by atoms with Crippen molar-refractivity contribution in [1.82, 2.24) is 19.9 Å². The second kappa shape index (κ2) is 8.30. The summed E-state index contributed by atoms with van der Waals surface area (Å²) in [5, 5.41) is 0.991. The lowest BCUT2D eigenvalue weighted by atomic mass is 10.2. The van der Waals surface area contributed by atoms with Crippen molar-refractivity contribution in [1.29, 1.82) is 0 Å². The number of fused-ring (bicyclic) bond motifs is 2. The minimum absolute atomic E-state index is 0.208. The van der Waals surface area contributed by atoms with Crippen LogP contribution in [-0.4, -0.2) is 59.3 Å². The predicted molar refractivity (Wildman–Crippen MR) is 117 cm³/mol.